The standard InChI is InChI=1S/C14H20N4O2S/c1-3-20-14(19)12-11(16)10(6-15)13(21-12)17-7-9-4-5-18(2)8-9/h9,17H,3-5,7-8,16H2,1-2H3. The van der Waals surface area contributed by atoms with Gasteiger partial charge in [0, 0.05) is 13.1 Å². The first-order valence-corrected chi connectivity index (χ1v) is 7.80. The summed E-state index contributed by atoms with van der Waals surface area (Å²) in [5.74, 6) is 0.0843. The summed E-state index contributed by atoms with van der Waals surface area (Å²) >= 11 is 1.20. The van der Waals surface area contributed by atoms with Crippen molar-refractivity contribution >= 4 is 28.0 Å². The molecule has 1 fully saturated rings. The van der Waals surface area contributed by atoms with Gasteiger partial charge in [-0.15, -0.1) is 11.3 Å². The number of nitrogens with zero attached hydrogens (tertiary/aromatic N) is 2. The summed E-state index contributed by atoms with van der Waals surface area (Å²) in [6, 6.07) is 2.07. The monoisotopic (exact) mass is 308 g/mol. The fraction of sp³-hybridized carbons (Fsp3) is 0.571. The van der Waals surface area contributed by atoms with Gasteiger partial charge in [-0.2, -0.15) is 5.26 Å². The van der Waals surface area contributed by atoms with Crippen LogP contribution < -0.4 is 11.1 Å². The molecule has 1 aliphatic heterocycles. The third kappa shape index (κ3) is 3.46. The molecule has 1 aromatic rings. The lowest BCUT2D eigenvalue weighted by molar-refractivity contribution is 0.0533. The lowest BCUT2D eigenvalue weighted by Crippen LogP contribution is -2.19. The predicted molar refractivity (Wildman–Crippen MR) is 83.5 cm³/mol. The van der Waals surface area contributed by atoms with Gasteiger partial charge in [0.1, 0.15) is 21.5 Å². The zero-order valence-electron chi connectivity index (χ0n) is 12.3. The number of nitrogens with two attached hydrogens (primary N) is 1. The highest BCUT2D eigenvalue weighted by atomic mass is 32.1. The van der Waals surface area contributed by atoms with Crippen LogP contribution in [-0.4, -0.2) is 44.2 Å². The van der Waals surface area contributed by atoms with Crippen LogP contribution in [-0.2, 0) is 4.74 Å². The Hall–Kier alpha value is -1.78. The molecule has 21 heavy (non-hydrogen) atoms. The van der Waals surface area contributed by atoms with Crippen molar-refractivity contribution in [2.24, 2.45) is 5.92 Å². The van der Waals surface area contributed by atoms with Crippen LogP contribution >= 0.6 is 11.3 Å². The number of carbonyl (C=O) groups excluding carboxylic acids is 1. The number of nitrogens with one attached hydrogen (secondary N) is 1. The van der Waals surface area contributed by atoms with Crippen molar-refractivity contribution in [3.8, 4) is 6.07 Å². The summed E-state index contributed by atoms with van der Waals surface area (Å²) in [5.41, 5.74) is 6.45. The molecule has 0 spiro atoms. The van der Waals surface area contributed by atoms with Gasteiger partial charge in [0.15, 0.2) is 0 Å². The van der Waals surface area contributed by atoms with Crippen molar-refractivity contribution in [1.82, 2.24) is 4.90 Å². The van der Waals surface area contributed by atoms with E-state index in [9.17, 15) is 10.1 Å². The first kappa shape index (κ1) is 15.6. The van der Waals surface area contributed by atoms with Crippen LogP contribution in [0.25, 0.3) is 0 Å². The Morgan fingerprint density at radius 2 is 2.43 bits per heavy atom. The highest BCUT2D eigenvalue weighted by molar-refractivity contribution is 7.18. The van der Waals surface area contributed by atoms with Gasteiger partial charge in [-0.3, -0.25) is 0 Å². The van der Waals surface area contributed by atoms with E-state index in [4.69, 9.17) is 10.5 Å². The first-order chi connectivity index (χ1) is 10.1. The zero-order chi connectivity index (χ0) is 15.4. The van der Waals surface area contributed by atoms with Gasteiger partial charge in [0.25, 0.3) is 0 Å². The van der Waals surface area contributed by atoms with Crippen molar-refractivity contribution in [2.45, 2.75) is 13.3 Å². The fourth-order valence-corrected chi connectivity index (χ4v) is 3.43. The maximum absolute atomic E-state index is 11.8. The van der Waals surface area contributed by atoms with E-state index in [1.54, 1.807) is 6.92 Å². The summed E-state index contributed by atoms with van der Waals surface area (Å²) in [4.78, 5) is 14.4. The second-order valence-corrected chi connectivity index (χ2v) is 6.20. The van der Waals surface area contributed by atoms with Gasteiger partial charge >= 0.3 is 5.97 Å². The summed E-state index contributed by atoms with van der Waals surface area (Å²) in [5, 5.41) is 13.2. The number of thiophene rings is 1. The quantitative estimate of drug-likeness (QED) is 0.805. The van der Waals surface area contributed by atoms with Crippen LogP contribution in [0.3, 0.4) is 0 Å². The number of nitriles is 1. The Kier molecular flexibility index (Phi) is 5.04. The molecule has 2 rings (SSSR count). The molecule has 6 nitrogen and oxygen atoms in total. The minimum absolute atomic E-state index is 0.215. The average Bonchev–Trinajstić information content (AvgIpc) is 3.00. The second kappa shape index (κ2) is 6.78. The molecule has 2 heterocycles. The number of anilines is 2. The van der Waals surface area contributed by atoms with Crippen LogP contribution in [0.5, 0.6) is 0 Å². The predicted octanol–water partition coefficient (Wildman–Crippen LogP) is 1.74. The van der Waals surface area contributed by atoms with E-state index in [1.165, 1.54) is 11.3 Å². The molecule has 0 aliphatic carbocycles. The number of likely N-dealkylation sites (tertiary alicyclic amines) is 1. The number of esters is 1. The minimum Gasteiger partial charge on any atom is -0.462 e. The Morgan fingerprint density at radius 1 is 1.67 bits per heavy atom. The molecule has 114 valence electrons. The van der Waals surface area contributed by atoms with E-state index in [-0.39, 0.29) is 12.3 Å². The van der Waals surface area contributed by atoms with Gasteiger partial charge in [-0.1, -0.05) is 0 Å². The lowest BCUT2D eigenvalue weighted by Gasteiger charge is -2.11. The van der Waals surface area contributed by atoms with Crippen LogP contribution in [0.15, 0.2) is 0 Å². The molecule has 7 heteroatoms. The second-order valence-electron chi connectivity index (χ2n) is 5.18. The number of hydrogen-bond acceptors (Lipinski definition) is 7. The summed E-state index contributed by atoms with van der Waals surface area (Å²) in [6.45, 7) is 4.94. The number of rotatable bonds is 5. The molecular formula is C14H20N4O2S. The van der Waals surface area contributed by atoms with Gasteiger partial charge < -0.3 is 20.7 Å². The van der Waals surface area contributed by atoms with Crippen LogP contribution in [0.4, 0.5) is 10.7 Å². The van der Waals surface area contributed by atoms with E-state index >= 15 is 0 Å². The van der Waals surface area contributed by atoms with Crippen molar-refractivity contribution in [1.29, 1.82) is 5.26 Å². The van der Waals surface area contributed by atoms with Crippen LogP contribution in [0.1, 0.15) is 28.6 Å². The summed E-state index contributed by atoms with van der Waals surface area (Å²) < 4.78 is 4.96. The molecule has 3 N–H and O–H groups in total. The van der Waals surface area contributed by atoms with Crippen LogP contribution in [0, 0.1) is 17.2 Å². The molecule has 0 saturated carbocycles. The first-order valence-electron chi connectivity index (χ1n) is 6.98. The van der Waals surface area contributed by atoms with Gasteiger partial charge in [-0.05, 0) is 32.9 Å². The fourth-order valence-electron chi connectivity index (χ4n) is 2.46. The van der Waals surface area contributed by atoms with Crippen molar-refractivity contribution in [3.63, 3.8) is 0 Å². The maximum atomic E-state index is 11.8. The summed E-state index contributed by atoms with van der Waals surface area (Å²) in [6.07, 6.45) is 1.14. The molecule has 1 saturated heterocycles. The number of hydrogen-bond donors (Lipinski definition) is 2. The molecule has 1 atom stereocenters. The van der Waals surface area contributed by atoms with Gasteiger partial charge in [0.2, 0.25) is 0 Å². The zero-order valence-corrected chi connectivity index (χ0v) is 13.1. The number of ether oxygens (including phenoxy) is 1. The Balaban J connectivity index is 2.10. The van der Waals surface area contributed by atoms with Gasteiger partial charge in [0.05, 0.1) is 12.3 Å². The van der Waals surface area contributed by atoms with E-state index in [0.717, 1.165) is 26.1 Å². The Morgan fingerprint density at radius 3 is 3.00 bits per heavy atom. The Bertz CT molecular complexity index is 564. The molecule has 1 unspecified atom stereocenters. The van der Waals surface area contributed by atoms with Gasteiger partial charge in [-0.25, -0.2) is 4.79 Å². The third-order valence-electron chi connectivity index (χ3n) is 3.56. The molecule has 0 aromatic carbocycles. The minimum atomic E-state index is -0.467. The number of nitrogen functional groups attached to an aromatic ring is 1. The highest BCUT2D eigenvalue weighted by Gasteiger charge is 2.24. The highest BCUT2D eigenvalue weighted by Crippen LogP contribution is 2.36. The molecule has 0 radical (unpaired) electrons. The topological polar surface area (TPSA) is 91.4 Å². The Labute approximate surface area is 128 Å². The largest absolute Gasteiger partial charge is 0.462 e. The lowest BCUT2D eigenvalue weighted by atomic mass is 10.1. The molecule has 0 amide bonds. The van der Waals surface area contributed by atoms with E-state index < -0.39 is 5.97 Å². The SMILES string of the molecule is CCOC(=O)c1sc(NCC2CCN(C)C2)c(C#N)c1N. The van der Waals surface area contributed by atoms with E-state index in [0.29, 0.717) is 21.4 Å². The summed E-state index contributed by atoms with van der Waals surface area (Å²) in [7, 11) is 2.10. The normalized spacial score (nSPS) is 18.4. The third-order valence-corrected chi connectivity index (χ3v) is 4.70. The molecular weight excluding hydrogens is 288 g/mol. The number of carbonyl (C=O) groups is 1. The molecule has 0 bridgehead atoms. The van der Waals surface area contributed by atoms with E-state index in [1.807, 2.05) is 0 Å². The van der Waals surface area contributed by atoms with Crippen molar-refractivity contribution < 1.29 is 9.53 Å². The van der Waals surface area contributed by atoms with Crippen molar-refractivity contribution in [3.05, 3.63) is 10.4 Å². The van der Waals surface area contributed by atoms with E-state index in [2.05, 4.69) is 23.3 Å². The molecule has 1 aromatic heterocycles. The van der Waals surface area contributed by atoms with Crippen molar-refractivity contribution in [2.75, 3.05) is 44.3 Å². The van der Waals surface area contributed by atoms with Crippen LogP contribution in [0.2, 0.25) is 0 Å². The average molecular weight is 308 g/mol. The maximum Gasteiger partial charge on any atom is 0.350 e. The molecule has 1 aliphatic rings. The smallest absolute Gasteiger partial charge is 0.350 e.